The number of aliphatic carboxylic acids is 2. The van der Waals surface area contributed by atoms with Crippen LogP contribution in [0.1, 0.15) is 75.3 Å². The van der Waals surface area contributed by atoms with Crippen LogP contribution >= 0.6 is 0 Å². The van der Waals surface area contributed by atoms with Crippen molar-refractivity contribution in [3.8, 4) is 11.8 Å². The molecule has 2 aromatic rings. The van der Waals surface area contributed by atoms with Gasteiger partial charge in [-0.25, -0.2) is 0 Å². The summed E-state index contributed by atoms with van der Waals surface area (Å²) < 4.78 is 12.9. The van der Waals surface area contributed by atoms with Crippen LogP contribution in [0, 0.1) is 25.7 Å². The molecule has 2 aromatic heterocycles. The summed E-state index contributed by atoms with van der Waals surface area (Å²) in [4.78, 5) is 49.8. The first-order valence-electron chi connectivity index (χ1n) is 27.4. The molecule has 80 heavy (non-hydrogen) atoms. The lowest BCUT2D eigenvalue weighted by molar-refractivity contribution is -0.147. The van der Waals surface area contributed by atoms with Gasteiger partial charge in [-0.15, -0.1) is 10.2 Å². The third-order valence-corrected chi connectivity index (χ3v) is 15.0. The highest BCUT2D eigenvalue weighted by Crippen LogP contribution is 2.35. The second kappa shape index (κ2) is 30.8. The third-order valence-electron chi connectivity index (χ3n) is 15.0. The summed E-state index contributed by atoms with van der Waals surface area (Å²) in [6, 6.07) is 1.84. The minimum atomic E-state index is -0.998. The molecule has 0 spiro atoms. The van der Waals surface area contributed by atoms with Crippen LogP contribution in [0.15, 0.2) is 42.2 Å². The molecular weight excluding hydrogens is 1050 g/mol. The fraction of sp³-hybridized carbons (Fsp3) is 0.750. The number of carboxylic acids is 2. The summed E-state index contributed by atoms with van der Waals surface area (Å²) in [5.41, 5.74) is 0.0513. The Balaban J connectivity index is 0.893. The van der Waals surface area contributed by atoms with Gasteiger partial charge in [-0.3, -0.25) is 92.1 Å². The first-order valence-corrected chi connectivity index (χ1v) is 27.4. The number of nitrogens with one attached hydrogen (secondary N) is 12. The molecule has 5 fully saturated rings. The van der Waals surface area contributed by atoms with Crippen LogP contribution in [0.4, 0.5) is 11.4 Å². The van der Waals surface area contributed by atoms with Crippen LogP contribution in [-0.2, 0) is 32.2 Å². The fourth-order valence-electron chi connectivity index (χ4n) is 10.9. The Bertz CT molecular complexity index is 2330. The van der Waals surface area contributed by atoms with E-state index in [1.54, 1.807) is 13.8 Å². The Morgan fingerprint density at radius 1 is 0.550 bits per heavy atom. The molecule has 2 aliphatic heterocycles. The molecule has 3 saturated carbocycles. The zero-order chi connectivity index (χ0) is 57.3. The van der Waals surface area contributed by atoms with E-state index in [1.165, 1.54) is 21.3 Å². The topological polar surface area (TPSA) is 452 Å². The number of azo groups is 2. The predicted molar refractivity (Wildman–Crippen MR) is 285 cm³/mol. The van der Waals surface area contributed by atoms with Crippen LogP contribution in [0.25, 0.3) is 0 Å². The highest BCUT2D eigenvalue weighted by atomic mass is 16.6. The van der Waals surface area contributed by atoms with Crippen molar-refractivity contribution in [2.24, 2.45) is 32.3 Å². The van der Waals surface area contributed by atoms with Crippen LogP contribution in [0.3, 0.4) is 0 Å². The van der Waals surface area contributed by atoms with E-state index in [4.69, 9.17) is 9.47 Å². The van der Waals surface area contributed by atoms with Crippen LogP contribution in [0.2, 0.25) is 0 Å². The molecular formula is C48H82N18O14. The van der Waals surface area contributed by atoms with Crippen LogP contribution in [-0.4, -0.2) is 189 Å². The molecule has 3 aliphatic carbocycles. The number of nitrogens with zero attached hydrogens (tertiary/aromatic N) is 6. The van der Waals surface area contributed by atoms with E-state index in [2.05, 4.69) is 84.3 Å². The second-order valence-electron chi connectivity index (χ2n) is 20.8. The smallest absolute Gasteiger partial charge is 0.306 e. The highest BCUT2D eigenvalue weighted by Gasteiger charge is 2.36. The Labute approximate surface area is 461 Å². The van der Waals surface area contributed by atoms with E-state index in [0.717, 1.165) is 25.7 Å². The molecule has 4 heterocycles. The van der Waals surface area contributed by atoms with E-state index in [9.17, 15) is 60.0 Å². The maximum absolute atomic E-state index is 13.1. The zero-order valence-corrected chi connectivity index (χ0v) is 45.1. The van der Waals surface area contributed by atoms with Crippen LogP contribution < -0.4 is 74.9 Å². The van der Waals surface area contributed by atoms with Crippen molar-refractivity contribution in [1.82, 2.24) is 72.9 Å². The lowest BCUT2D eigenvalue weighted by Gasteiger charge is -2.43. The van der Waals surface area contributed by atoms with Gasteiger partial charge in [0.05, 0.1) is 49.3 Å². The number of carbonyl (C=O) groups is 2. The summed E-state index contributed by atoms with van der Waals surface area (Å²) in [5.74, 6) is -4.24. The molecule has 20 N–H and O–H groups in total. The van der Waals surface area contributed by atoms with Crippen molar-refractivity contribution < 1.29 is 59.9 Å². The van der Waals surface area contributed by atoms with Gasteiger partial charge in [0.1, 0.15) is 62.7 Å². The number of aromatic hydroxyl groups is 2. The minimum Gasteiger partial charge on any atom is -0.493 e. The molecule has 5 aliphatic rings. The van der Waals surface area contributed by atoms with E-state index < -0.39 is 111 Å². The van der Waals surface area contributed by atoms with Gasteiger partial charge < -0.3 is 50.3 Å². The lowest BCUT2D eigenvalue weighted by atomic mass is 9.84. The molecule has 0 radical (unpaired) electrons. The number of aliphatic hydroxyl groups excluding tert-OH is 4. The fourth-order valence-corrected chi connectivity index (χ4v) is 10.9. The van der Waals surface area contributed by atoms with Gasteiger partial charge in [0.15, 0.2) is 0 Å². The normalized spacial score (nSPS) is 30.5. The number of aromatic nitrogens is 2. The maximum Gasteiger partial charge on any atom is 0.306 e. The van der Waals surface area contributed by atoms with Gasteiger partial charge >= 0.3 is 11.9 Å². The molecule has 32 nitrogen and oxygen atoms in total. The number of rotatable bonds is 28. The zero-order valence-electron chi connectivity index (χ0n) is 45.1. The van der Waals surface area contributed by atoms with Crippen LogP contribution in [0.5, 0.6) is 11.8 Å². The largest absolute Gasteiger partial charge is 0.493 e. The summed E-state index contributed by atoms with van der Waals surface area (Å²) in [6.45, 7) is 3.12. The molecule has 12 unspecified atom stereocenters. The molecule has 12 atom stereocenters. The maximum atomic E-state index is 13.1. The van der Waals surface area contributed by atoms with Gasteiger partial charge in [0, 0.05) is 63.5 Å². The number of ether oxygens (including phenoxy) is 2. The first kappa shape index (κ1) is 62.5. The van der Waals surface area contributed by atoms with Gasteiger partial charge in [0.25, 0.3) is 11.1 Å². The Kier molecular flexibility index (Phi) is 24.1. The Morgan fingerprint density at radius 3 is 1.24 bits per heavy atom. The minimum absolute atomic E-state index is 0.0546. The van der Waals surface area contributed by atoms with Crippen molar-refractivity contribution in [3.05, 3.63) is 44.0 Å². The average molecular weight is 1140 g/mol. The number of hydrogen-bond acceptors (Lipinski definition) is 28. The van der Waals surface area contributed by atoms with E-state index in [-0.39, 0.29) is 100 Å². The van der Waals surface area contributed by atoms with E-state index >= 15 is 0 Å². The first-order chi connectivity index (χ1) is 38.5. The van der Waals surface area contributed by atoms with Gasteiger partial charge in [-0.1, -0.05) is 0 Å². The summed E-state index contributed by atoms with van der Waals surface area (Å²) in [7, 11) is 0. The van der Waals surface area contributed by atoms with E-state index in [1.807, 2.05) is 0 Å². The van der Waals surface area contributed by atoms with Gasteiger partial charge in [0.2, 0.25) is 11.8 Å². The predicted octanol–water partition coefficient (Wildman–Crippen LogP) is -3.82. The van der Waals surface area contributed by atoms with Gasteiger partial charge in [-0.05, 0) is 89.2 Å². The second-order valence-corrected chi connectivity index (χ2v) is 20.8. The Morgan fingerprint density at radius 2 is 0.900 bits per heavy atom. The summed E-state index contributed by atoms with van der Waals surface area (Å²) in [6.07, 6.45) is 1.15. The number of aryl methyl sites for hydroxylation is 2. The molecule has 0 aromatic carbocycles. The van der Waals surface area contributed by atoms with Crippen molar-refractivity contribution >= 4 is 23.3 Å². The summed E-state index contributed by atoms with van der Waals surface area (Å²) >= 11 is 0. The monoisotopic (exact) mass is 1130 g/mol. The SMILES string of the molecule is Cc1cc(=O)n(CCNC2NC(NCCO)NC(NC3CCC(NC4NC(NCCO)NC(NCCn5c(O)c(N=NC6CC(OCO)CC(C(=O)O)C6)c(C)cc5=O)N4)CC3)N2)c(O)c1N=NC1CC(OCO)CC(C(=O)O)C1. The van der Waals surface area contributed by atoms with Crippen molar-refractivity contribution in [3.63, 3.8) is 0 Å². The number of aliphatic hydroxyl groups is 4. The van der Waals surface area contributed by atoms with Crippen molar-refractivity contribution in [2.45, 2.75) is 165 Å². The molecule has 32 heteroatoms. The average Bonchev–Trinajstić information content (AvgIpc) is 3.42. The molecule has 7 rings (SSSR count). The number of hydrogen-bond donors (Lipinski definition) is 20. The molecule has 448 valence electrons. The van der Waals surface area contributed by atoms with Gasteiger partial charge in [-0.2, -0.15) is 10.2 Å². The van der Waals surface area contributed by atoms with E-state index in [0.29, 0.717) is 37.1 Å². The summed E-state index contributed by atoms with van der Waals surface area (Å²) in [5, 5.41) is 138. The highest BCUT2D eigenvalue weighted by molar-refractivity contribution is 5.70. The standard InChI is InChI=1S/C48H82N18O14/c1-25-15-35(71)65(39(73)37(25)63-61-31-17-27(41(75)76)19-33(21-31)79-23-69)11-7-49-43-55-45(51-9-13-67)59-47(57-43)53-29-3-5-30(6-4-29)54-48-58-44(56-46(60-48)52-10-14-68)50-8-12-66-36(72)16-26(2)38(40(66)74)64-62-32-18-28(42(77)78)20-34(22-32)80-24-70/h15-16,27-34,43-60,67-70,73-74H,3-14,17-24H2,1-2H3,(H,75,76)(H,77,78). The van der Waals surface area contributed by atoms with Crippen molar-refractivity contribution in [2.75, 3.05) is 53.0 Å². The number of pyridine rings is 2. The third kappa shape index (κ3) is 18.0. The molecule has 2 saturated heterocycles. The molecule has 0 amide bonds. The Hall–Kier alpha value is -5.08. The molecule has 0 bridgehead atoms. The lowest BCUT2D eigenvalue weighted by Crippen LogP contribution is -2.78. The quantitative estimate of drug-likeness (QED) is 0.0287. The number of carboxylic acid groups (broad SMARTS) is 2. The van der Waals surface area contributed by atoms with Crippen molar-refractivity contribution in [1.29, 1.82) is 0 Å².